The molecular weight excluding hydrogens is 370 g/mol. The van der Waals surface area contributed by atoms with Crippen molar-refractivity contribution in [1.82, 2.24) is 0 Å². The van der Waals surface area contributed by atoms with Crippen molar-refractivity contribution in [3.05, 3.63) is 54.1 Å². The van der Waals surface area contributed by atoms with E-state index in [0.29, 0.717) is 6.61 Å². The minimum absolute atomic E-state index is 0.214. The van der Waals surface area contributed by atoms with Gasteiger partial charge in [0, 0.05) is 12.2 Å². The molecule has 0 spiro atoms. The third kappa shape index (κ3) is 6.97. The molecule has 3 heteroatoms. The van der Waals surface area contributed by atoms with Crippen LogP contribution in [0.3, 0.4) is 0 Å². The monoisotopic (exact) mass is 409 g/mol. The average Bonchev–Trinajstić information content (AvgIpc) is 2.79. The van der Waals surface area contributed by atoms with Gasteiger partial charge in [0.15, 0.2) is 0 Å². The SMILES string of the molecule is CCC(C)(C)c1ccc(OCCNc2ccc(OCCC3CCCCC3)cc2)cc1. The number of anilines is 1. The van der Waals surface area contributed by atoms with Crippen LogP contribution in [0, 0.1) is 5.92 Å². The Balaban J connectivity index is 1.33. The van der Waals surface area contributed by atoms with E-state index in [-0.39, 0.29) is 5.41 Å². The minimum atomic E-state index is 0.214. The third-order valence-electron chi connectivity index (χ3n) is 6.59. The molecule has 0 atom stereocenters. The van der Waals surface area contributed by atoms with E-state index in [9.17, 15) is 0 Å². The number of rotatable bonds is 11. The smallest absolute Gasteiger partial charge is 0.119 e. The summed E-state index contributed by atoms with van der Waals surface area (Å²) in [6, 6.07) is 16.8. The standard InChI is InChI=1S/C27H39NO2/c1-4-27(2,3)23-10-14-25(15-11-23)30-21-19-28-24-12-16-26(17-13-24)29-20-18-22-8-6-5-7-9-22/h10-17,22,28H,4-9,18-21H2,1-3H3. The first-order valence-corrected chi connectivity index (χ1v) is 11.8. The Kier molecular flexibility index (Phi) is 8.48. The Hall–Kier alpha value is -2.16. The van der Waals surface area contributed by atoms with Crippen molar-refractivity contribution in [3.63, 3.8) is 0 Å². The van der Waals surface area contributed by atoms with Gasteiger partial charge in [-0.2, -0.15) is 0 Å². The first-order valence-electron chi connectivity index (χ1n) is 11.8. The summed E-state index contributed by atoms with van der Waals surface area (Å²) >= 11 is 0. The second-order valence-electron chi connectivity index (χ2n) is 9.20. The van der Waals surface area contributed by atoms with Gasteiger partial charge < -0.3 is 14.8 Å². The van der Waals surface area contributed by atoms with Crippen LogP contribution in [0.25, 0.3) is 0 Å². The zero-order chi connectivity index (χ0) is 21.2. The molecule has 0 bridgehead atoms. The van der Waals surface area contributed by atoms with E-state index in [4.69, 9.17) is 9.47 Å². The number of hydrogen-bond acceptors (Lipinski definition) is 3. The molecule has 30 heavy (non-hydrogen) atoms. The molecule has 0 amide bonds. The van der Waals surface area contributed by atoms with E-state index < -0.39 is 0 Å². The van der Waals surface area contributed by atoms with E-state index in [1.807, 2.05) is 0 Å². The van der Waals surface area contributed by atoms with E-state index >= 15 is 0 Å². The third-order valence-corrected chi connectivity index (χ3v) is 6.59. The molecule has 164 valence electrons. The number of benzene rings is 2. The maximum absolute atomic E-state index is 5.94. The van der Waals surface area contributed by atoms with E-state index in [1.54, 1.807) is 0 Å². The molecule has 3 rings (SSSR count). The second-order valence-corrected chi connectivity index (χ2v) is 9.20. The van der Waals surface area contributed by atoms with Crippen LogP contribution in [0.5, 0.6) is 11.5 Å². The minimum Gasteiger partial charge on any atom is -0.494 e. The maximum atomic E-state index is 5.94. The van der Waals surface area contributed by atoms with E-state index in [0.717, 1.165) is 42.7 Å². The predicted molar refractivity (Wildman–Crippen MR) is 127 cm³/mol. The van der Waals surface area contributed by atoms with Crippen molar-refractivity contribution < 1.29 is 9.47 Å². The van der Waals surface area contributed by atoms with Gasteiger partial charge in [-0.1, -0.05) is 65.0 Å². The molecule has 0 unspecified atom stereocenters. The summed E-state index contributed by atoms with van der Waals surface area (Å²) in [5, 5.41) is 3.41. The highest BCUT2D eigenvalue weighted by atomic mass is 16.5. The first-order chi connectivity index (χ1) is 14.6. The zero-order valence-corrected chi connectivity index (χ0v) is 19.1. The molecule has 0 aromatic heterocycles. The van der Waals surface area contributed by atoms with Crippen LogP contribution in [0.4, 0.5) is 5.69 Å². The van der Waals surface area contributed by atoms with Gasteiger partial charge in [-0.3, -0.25) is 0 Å². The van der Waals surface area contributed by atoms with Crippen LogP contribution in [-0.2, 0) is 5.41 Å². The molecule has 1 aliphatic carbocycles. The largest absolute Gasteiger partial charge is 0.494 e. The van der Waals surface area contributed by atoms with Gasteiger partial charge in [-0.05, 0) is 66.1 Å². The lowest BCUT2D eigenvalue weighted by Crippen LogP contribution is -2.15. The van der Waals surface area contributed by atoms with Gasteiger partial charge in [0.1, 0.15) is 18.1 Å². The van der Waals surface area contributed by atoms with Crippen LogP contribution >= 0.6 is 0 Å². The van der Waals surface area contributed by atoms with Crippen molar-refractivity contribution in [3.8, 4) is 11.5 Å². The lowest BCUT2D eigenvalue weighted by atomic mass is 9.82. The van der Waals surface area contributed by atoms with E-state index in [1.165, 1.54) is 44.1 Å². The van der Waals surface area contributed by atoms with Crippen LogP contribution in [0.15, 0.2) is 48.5 Å². The molecule has 1 aliphatic rings. The highest BCUT2D eigenvalue weighted by molar-refractivity contribution is 5.46. The van der Waals surface area contributed by atoms with Gasteiger partial charge in [0.2, 0.25) is 0 Å². The van der Waals surface area contributed by atoms with Crippen molar-refractivity contribution >= 4 is 5.69 Å². The quantitative estimate of drug-likeness (QED) is 0.398. The molecule has 0 radical (unpaired) electrons. The fourth-order valence-electron chi connectivity index (χ4n) is 4.06. The second kappa shape index (κ2) is 11.3. The highest BCUT2D eigenvalue weighted by Crippen LogP contribution is 2.28. The Morgan fingerprint density at radius 2 is 1.43 bits per heavy atom. The summed E-state index contributed by atoms with van der Waals surface area (Å²) in [6.45, 7) is 9.02. The van der Waals surface area contributed by atoms with Crippen LogP contribution < -0.4 is 14.8 Å². The molecule has 1 saturated carbocycles. The summed E-state index contributed by atoms with van der Waals surface area (Å²) in [7, 11) is 0. The molecule has 2 aromatic rings. The average molecular weight is 410 g/mol. The summed E-state index contributed by atoms with van der Waals surface area (Å²) in [5.74, 6) is 2.76. The fourth-order valence-corrected chi connectivity index (χ4v) is 4.06. The highest BCUT2D eigenvalue weighted by Gasteiger charge is 2.17. The summed E-state index contributed by atoms with van der Waals surface area (Å²) in [5.41, 5.74) is 2.67. The first kappa shape index (κ1) is 22.5. The molecular formula is C27H39NO2. The van der Waals surface area contributed by atoms with Crippen molar-refractivity contribution in [2.24, 2.45) is 5.92 Å². The summed E-state index contributed by atoms with van der Waals surface area (Å²) < 4.78 is 11.8. The maximum Gasteiger partial charge on any atom is 0.119 e. The van der Waals surface area contributed by atoms with Crippen molar-refractivity contribution in [1.29, 1.82) is 0 Å². The van der Waals surface area contributed by atoms with E-state index in [2.05, 4.69) is 74.6 Å². The zero-order valence-electron chi connectivity index (χ0n) is 19.1. The van der Waals surface area contributed by atoms with Crippen LogP contribution in [0.2, 0.25) is 0 Å². The lowest BCUT2D eigenvalue weighted by Gasteiger charge is -2.23. The number of nitrogens with one attached hydrogen (secondary N) is 1. The molecule has 0 aliphatic heterocycles. The van der Waals surface area contributed by atoms with Gasteiger partial charge >= 0.3 is 0 Å². The fraction of sp³-hybridized carbons (Fsp3) is 0.556. The van der Waals surface area contributed by atoms with Crippen molar-refractivity contribution in [2.75, 3.05) is 25.1 Å². The van der Waals surface area contributed by atoms with Crippen LogP contribution in [0.1, 0.15) is 71.3 Å². The van der Waals surface area contributed by atoms with Gasteiger partial charge in [-0.25, -0.2) is 0 Å². The molecule has 0 heterocycles. The summed E-state index contributed by atoms with van der Waals surface area (Å²) in [4.78, 5) is 0. The Morgan fingerprint density at radius 3 is 2.07 bits per heavy atom. The molecule has 0 saturated heterocycles. The number of ether oxygens (including phenoxy) is 2. The normalized spacial score (nSPS) is 15.0. The van der Waals surface area contributed by atoms with Gasteiger partial charge in [-0.15, -0.1) is 0 Å². The van der Waals surface area contributed by atoms with Gasteiger partial charge in [0.25, 0.3) is 0 Å². The molecule has 3 nitrogen and oxygen atoms in total. The Labute approximate surface area is 183 Å². The Bertz CT molecular complexity index is 730. The topological polar surface area (TPSA) is 30.5 Å². The lowest BCUT2D eigenvalue weighted by molar-refractivity contribution is 0.246. The molecule has 2 aromatic carbocycles. The predicted octanol–water partition coefficient (Wildman–Crippen LogP) is 7.21. The molecule has 1 N–H and O–H groups in total. The number of hydrogen-bond donors (Lipinski definition) is 1. The summed E-state index contributed by atoms with van der Waals surface area (Å²) in [6.07, 6.45) is 9.30. The molecule has 1 fully saturated rings. The Morgan fingerprint density at radius 1 is 0.833 bits per heavy atom. The van der Waals surface area contributed by atoms with Gasteiger partial charge in [0.05, 0.1) is 6.61 Å². The van der Waals surface area contributed by atoms with Crippen molar-refractivity contribution in [2.45, 2.75) is 71.1 Å². The van der Waals surface area contributed by atoms with Crippen LogP contribution in [-0.4, -0.2) is 19.8 Å².